The Labute approximate surface area is 145 Å². The third-order valence-electron chi connectivity index (χ3n) is 4.16. The van der Waals surface area contributed by atoms with E-state index >= 15 is 0 Å². The molecule has 1 aromatic rings. The number of alkyl halides is 6. The Kier molecular flexibility index (Phi) is 5.91. The minimum absolute atomic E-state index is 0.0113. The number of hydrogen-bond donors (Lipinski definition) is 0. The number of benzene rings is 1. The summed E-state index contributed by atoms with van der Waals surface area (Å²) < 4.78 is 77.5. The van der Waals surface area contributed by atoms with Gasteiger partial charge in [0.2, 0.25) is 5.91 Å². The van der Waals surface area contributed by atoms with Crippen LogP contribution >= 0.6 is 11.6 Å². The van der Waals surface area contributed by atoms with E-state index in [1.54, 1.807) is 0 Å². The largest absolute Gasteiger partial charge is 0.417 e. The zero-order valence-electron chi connectivity index (χ0n) is 13.1. The summed E-state index contributed by atoms with van der Waals surface area (Å²) in [5, 5.41) is -0.462. The highest BCUT2D eigenvalue weighted by atomic mass is 35.5. The molecule has 0 bridgehead atoms. The number of carbonyl (C=O) groups excluding carboxylic acids is 1. The molecule has 0 saturated carbocycles. The van der Waals surface area contributed by atoms with Crippen molar-refractivity contribution in [1.82, 2.24) is 4.90 Å². The molecule has 0 radical (unpaired) electrons. The number of hydrogen-bond acceptors (Lipinski definition) is 1. The number of likely N-dealkylation sites (tertiary alicyclic amines) is 1. The second-order valence-corrected chi connectivity index (χ2v) is 6.36. The fraction of sp³-hybridized carbons (Fsp3) is 0.562. The summed E-state index contributed by atoms with van der Waals surface area (Å²) in [4.78, 5) is 13.0. The second-order valence-electron chi connectivity index (χ2n) is 5.95. The number of amides is 1. The quantitative estimate of drug-likeness (QED) is 0.650. The topological polar surface area (TPSA) is 20.3 Å². The van der Waals surface area contributed by atoms with E-state index in [9.17, 15) is 31.1 Å². The maximum atomic E-state index is 13.0. The zero-order valence-corrected chi connectivity index (χ0v) is 13.8. The van der Waals surface area contributed by atoms with Crippen LogP contribution in [0.25, 0.3) is 0 Å². The summed E-state index contributed by atoms with van der Waals surface area (Å²) >= 11 is 5.51. The molecule has 140 valence electrons. The van der Waals surface area contributed by atoms with Crippen LogP contribution < -0.4 is 0 Å². The molecule has 1 saturated heterocycles. The Hall–Kier alpha value is -1.44. The van der Waals surface area contributed by atoms with Crippen LogP contribution in [0.3, 0.4) is 0 Å². The fourth-order valence-electron chi connectivity index (χ4n) is 2.91. The number of rotatable bonds is 3. The minimum Gasteiger partial charge on any atom is -0.331 e. The molecule has 1 heterocycles. The Morgan fingerprint density at radius 3 is 2.44 bits per heavy atom. The lowest BCUT2D eigenvalue weighted by Gasteiger charge is -2.36. The van der Waals surface area contributed by atoms with Gasteiger partial charge < -0.3 is 4.90 Å². The zero-order chi connectivity index (χ0) is 18.8. The summed E-state index contributed by atoms with van der Waals surface area (Å²) in [6.07, 6.45) is -8.77. The minimum atomic E-state index is -4.63. The third-order valence-corrected chi connectivity index (χ3v) is 4.49. The van der Waals surface area contributed by atoms with Gasteiger partial charge in [-0.3, -0.25) is 4.79 Å². The van der Waals surface area contributed by atoms with Crippen molar-refractivity contribution in [1.29, 1.82) is 0 Å². The van der Waals surface area contributed by atoms with Crippen molar-refractivity contribution in [3.63, 3.8) is 0 Å². The Morgan fingerprint density at radius 1 is 1.16 bits per heavy atom. The van der Waals surface area contributed by atoms with Crippen molar-refractivity contribution >= 4 is 17.5 Å². The summed E-state index contributed by atoms with van der Waals surface area (Å²) in [5.74, 6) is -0.703. The van der Waals surface area contributed by atoms with Crippen molar-refractivity contribution in [2.75, 3.05) is 6.54 Å². The number of nitrogens with zero attached hydrogens (tertiary/aromatic N) is 1. The predicted octanol–water partition coefficient (Wildman–Crippen LogP) is 5.23. The van der Waals surface area contributed by atoms with Crippen LogP contribution in [0.1, 0.15) is 36.8 Å². The highest BCUT2D eigenvalue weighted by Gasteiger charge is 2.46. The van der Waals surface area contributed by atoms with Gasteiger partial charge in [0.15, 0.2) is 0 Å². The smallest absolute Gasteiger partial charge is 0.331 e. The Bertz CT molecular complexity index is 628. The number of piperidine rings is 1. The molecule has 25 heavy (non-hydrogen) atoms. The molecule has 0 aliphatic carbocycles. The van der Waals surface area contributed by atoms with Crippen LogP contribution in [-0.2, 0) is 17.4 Å². The van der Waals surface area contributed by atoms with E-state index in [1.807, 2.05) is 0 Å². The van der Waals surface area contributed by atoms with Gasteiger partial charge in [-0.2, -0.15) is 26.3 Å². The summed E-state index contributed by atoms with van der Waals surface area (Å²) in [5.41, 5.74) is -0.823. The van der Waals surface area contributed by atoms with E-state index in [0.29, 0.717) is 12.8 Å². The monoisotopic (exact) mass is 387 g/mol. The predicted molar refractivity (Wildman–Crippen MR) is 80.2 cm³/mol. The summed E-state index contributed by atoms with van der Waals surface area (Å²) in [6.45, 7) is 0.0113. The molecule has 1 fully saturated rings. The molecule has 1 unspecified atom stereocenters. The molecule has 1 aliphatic rings. The van der Waals surface area contributed by atoms with Crippen LogP contribution in [0.5, 0.6) is 0 Å². The van der Waals surface area contributed by atoms with Crippen molar-refractivity contribution in [2.45, 2.75) is 50.5 Å². The Morgan fingerprint density at radius 2 is 1.84 bits per heavy atom. The first-order chi connectivity index (χ1) is 11.5. The summed E-state index contributed by atoms with van der Waals surface area (Å²) in [7, 11) is 0. The number of halogens is 7. The van der Waals surface area contributed by atoms with E-state index < -0.39 is 34.9 Å². The molecule has 1 aromatic carbocycles. The lowest BCUT2D eigenvalue weighted by molar-refractivity contribution is -0.195. The maximum absolute atomic E-state index is 13.0. The highest BCUT2D eigenvalue weighted by Crippen LogP contribution is 2.36. The van der Waals surface area contributed by atoms with Crippen LogP contribution in [0.4, 0.5) is 26.3 Å². The van der Waals surface area contributed by atoms with E-state index in [2.05, 4.69) is 0 Å². The highest BCUT2D eigenvalue weighted by molar-refractivity contribution is 6.31. The molecule has 1 aliphatic heterocycles. The van der Waals surface area contributed by atoms with Crippen molar-refractivity contribution in [3.8, 4) is 0 Å². The first-order valence-electron chi connectivity index (χ1n) is 7.72. The van der Waals surface area contributed by atoms with Gasteiger partial charge in [0.05, 0.1) is 10.6 Å². The van der Waals surface area contributed by atoms with E-state index in [0.717, 1.165) is 17.0 Å². The van der Waals surface area contributed by atoms with Gasteiger partial charge in [-0.25, -0.2) is 0 Å². The SMILES string of the molecule is O=C(CCc1ccc(Cl)c(C(F)(F)F)c1)N1CCCCC1C(F)(F)F. The van der Waals surface area contributed by atoms with Gasteiger partial charge in [-0.05, 0) is 43.4 Å². The van der Waals surface area contributed by atoms with Crippen molar-refractivity contribution < 1.29 is 31.1 Å². The fourth-order valence-corrected chi connectivity index (χ4v) is 3.14. The van der Waals surface area contributed by atoms with Gasteiger partial charge in [0, 0.05) is 13.0 Å². The molecule has 1 atom stereocenters. The molecule has 0 N–H and O–H groups in total. The second kappa shape index (κ2) is 7.43. The van der Waals surface area contributed by atoms with Gasteiger partial charge in [0.25, 0.3) is 0 Å². The third kappa shape index (κ3) is 5.03. The molecule has 0 aromatic heterocycles. The molecule has 1 amide bonds. The lowest BCUT2D eigenvalue weighted by atomic mass is 10.00. The Balaban J connectivity index is 2.07. The molecule has 0 spiro atoms. The van der Waals surface area contributed by atoms with E-state index in [-0.39, 0.29) is 31.4 Å². The summed E-state index contributed by atoms with van der Waals surface area (Å²) in [6, 6.07) is 1.42. The average molecular weight is 388 g/mol. The van der Waals surface area contributed by atoms with Gasteiger partial charge in [-0.15, -0.1) is 0 Å². The van der Waals surface area contributed by atoms with Gasteiger partial charge in [-0.1, -0.05) is 17.7 Å². The van der Waals surface area contributed by atoms with Crippen LogP contribution in [0, 0.1) is 0 Å². The van der Waals surface area contributed by atoms with Crippen LogP contribution in [-0.4, -0.2) is 29.6 Å². The number of aryl methyl sites for hydroxylation is 1. The first kappa shape index (κ1) is 19.9. The average Bonchev–Trinajstić information content (AvgIpc) is 2.52. The molecule has 2 nitrogen and oxygen atoms in total. The molecule has 9 heteroatoms. The van der Waals surface area contributed by atoms with E-state index in [4.69, 9.17) is 11.6 Å². The first-order valence-corrected chi connectivity index (χ1v) is 8.10. The molecular formula is C16H16ClF6NO. The van der Waals surface area contributed by atoms with Gasteiger partial charge >= 0.3 is 12.4 Å². The van der Waals surface area contributed by atoms with Crippen LogP contribution in [0.15, 0.2) is 18.2 Å². The maximum Gasteiger partial charge on any atom is 0.417 e. The standard InChI is InChI=1S/C16H16ClF6NO/c17-12-6-4-10(9-11(12)15(18,19)20)5-7-14(25)24-8-2-1-3-13(24)16(21,22)23/h4,6,9,13H,1-3,5,7-8H2. The lowest BCUT2D eigenvalue weighted by Crippen LogP contribution is -2.51. The van der Waals surface area contributed by atoms with Crippen LogP contribution in [0.2, 0.25) is 5.02 Å². The molecule has 2 rings (SSSR count). The van der Waals surface area contributed by atoms with Crippen molar-refractivity contribution in [3.05, 3.63) is 34.3 Å². The molecular weight excluding hydrogens is 372 g/mol. The van der Waals surface area contributed by atoms with Gasteiger partial charge in [0.1, 0.15) is 6.04 Å². The number of carbonyl (C=O) groups is 1. The van der Waals surface area contributed by atoms with E-state index in [1.165, 1.54) is 6.07 Å². The van der Waals surface area contributed by atoms with Crippen molar-refractivity contribution in [2.24, 2.45) is 0 Å². The normalized spacial score (nSPS) is 19.2.